The van der Waals surface area contributed by atoms with E-state index in [0.29, 0.717) is 27.3 Å². The highest BCUT2D eigenvalue weighted by Gasteiger charge is 2.07. The molecule has 21 heavy (non-hydrogen) atoms. The average molecular weight is 351 g/mol. The van der Waals surface area contributed by atoms with Crippen molar-refractivity contribution < 1.29 is 9.66 Å². The predicted molar refractivity (Wildman–Crippen MR) is 82.4 cm³/mol. The zero-order chi connectivity index (χ0) is 15.4. The summed E-state index contributed by atoms with van der Waals surface area (Å²) >= 11 is 3.31. The fourth-order valence-electron chi connectivity index (χ4n) is 1.56. The van der Waals surface area contributed by atoms with Gasteiger partial charge in [-0.05, 0) is 34.1 Å². The molecule has 7 nitrogen and oxygen atoms in total. The molecule has 0 atom stereocenters. The first-order valence-electron chi connectivity index (χ1n) is 5.80. The molecule has 0 aromatic heterocycles. The lowest BCUT2D eigenvalue weighted by Crippen LogP contribution is -1.92. The summed E-state index contributed by atoms with van der Waals surface area (Å²) in [6, 6.07) is 9.12. The van der Waals surface area contributed by atoms with E-state index in [9.17, 15) is 10.1 Å². The Bertz CT molecular complexity index is 701. The van der Waals surface area contributed by atoms with Crippen LogP contribution in [0.4, 0.5) is 22.7 Å². The van der Waals surface area contributed by atoms with Gasteiger partial charge in [0.25, 0.3) is 5.69 Å². The number of nitro groups is 1. The number of nitrogens with zero attached hydrogens (tertiary/aromatic N) is 3. The molecule has 0 spiro atoms. The van der Waals surface area contributed by atoms with E-state index < -0.39 is 4.92 Å². The van der Waals surface area contributed by atoms with Crippen molar-refractivity contribution in [3.8, 4) is 5.75 Å². The van der Waals surface area contributed by atoms with E-state index in [4.69, 9.17) is 10.5 Å². The van der Waals surface area contributed by atoms with E-state index in [1.165, 1.54) is 31.4 Å². The van der Waals surface area contributed by atoms with Crippen molar-refractivity contribution in [1.82, 2.24) is 0 Å². The maximum Gasteiger partial charge on any atom is 0.269 e. The fourth-order valence-corrected chi connectivity index (χ4v) is 1.99. The number of hydrogen-bond donors (Lipinski definition) is 1. The van der Waals surface area contributed by atoms with Crippen molar-refractivity contribution in [3.05, 3.63) is 51.0 Å². The SMILES string of the molecule is COc1cc(/N=N/c2ccc([N+](=O)[O-])cc2)cc(Br)c1N. The summed E-state index contributed by atoms with van der Waals surface area (Å²) in [5.74, 6) is 0.488. The van der Waals surface area contributed by atoms with Crippen molar-refractivity contribution in [2.24, 2.45) is 10.2 Å². The van der Waals surface area contributed by atoms with E-state index in [-0.39, 0.29) is 5.69 Å². The molecule has 0 aliphatic rings. The van der Waals surface area contributed by atoms with Crippen LogP contribution < -0.4 is 10.5 Å². The van der Waals surface area contributed by atoms with Gasteiger partial charge in [-0.2, -0.15) is 10.2 Å². The normalized spacial score (nSPS) is 10.8. The highest BCUT2D eigenvalue weighted by molar-refractivity contribution is 9.10. The molecular weight excluding hydrogens is 340 g/mol. The molecule has 0 amide bonds. The molecule has 0 unspecified atom stereocenters. The molecule has 0 aliphatic carbocycles. The number of nitrogens with two attached hydrogens (primary N) is 1. The van der Waals surface area contributed by atoms with Gasteiger partial charge in [-0.1, -0.05) is 0 Å². The number of nitro benzene ring substituents is 1. The third-order valence-corrected chi connectivity index (χ3v) is 3.29. The van der Waals surface area contributed by atoms with Gasteiger partial charge in [0.15, 0.2) is 0 Å². The second-order valence-electron chi connectivity index (χ2n) is 4.02. The summed E-state index contributed by atoms with van der Waals surface area (Å²) in [5.41, 5.74) is 7.34. The van der Waals surface area contributed by atoms with Crippen molar-refractivity contribution in [2.75, 3.05) is 12.8 Å². The lowest BCUT2D eigenvalue weighted by atomic mass is 10.2. The van der Waals surface area contributed by atoms with Crippen LogP contribution in [-0.2, 0) is 0 Å². The van der Waals surface area contributed by atoms with Crippen molar-refractivity contribution in [2.45, 2.75) is 0 Å². The molecule has 2 aromatic carbocycles. The number of benzene rings is 2. The molecule has 8 heteroatoms. The van der Waals surface area contributed by atoms with Gasteiger partial charge in [-0.3, -0.25) is 10.1 Å². The number of halogens is 1. The summed E-state index contributed by atoms with van der Waals surface area (Å²) in [6.07, 6.45) is 0. The fraction of sp³-hybridized carbons (Fsp3) is 0.0769. The van der Waals surface area contributed by atoms with Crippen molar-refractivity contribution in [3.63, 3.8) is 0 Å². The second kappa shape index (κ2) is 6.31. The lowest BCUT2D eigenvalue weighted by Gasteiger charge is -2.06. The average Bonchev–Trinajstić information content (AvgIpc) is 2.48. The molecule has 0 fully saturated rings. The number of nitrogen functional groups attached to an aromatic ring is 1. The smallest absolute Gasteiger partial charge is 0.269 e. The Labute approximate surface area is 128 Å². The topological polar surface area (TPSA) is 103 Å². The largest absolute Gasteiger partial charge is 0.494 e. The van der Waals surface area contributed by atoms with Gasteiger partial charge in [0, 0.05) is 22.7 Å². The molecular formula is C13H11BrN4O3. The molecule has 0 radical (unpaired) electrons. The van der Waals surface area contributed by atoms with Crippen LogP contribution in [0.5, 0.6) is 5.75 Å². The Hall–Kier alpha value is -2.48. The van der Waals surface area contributed by atoms with Gasteiger partial charge in [0.05, 0.1) is 29.1 Å². The van der Waals surface area contributed by atoms with Gasteiger partial charge in [-0.15, -0.1) is 0 Å². The van der Waals surface area contributed by atoms with Crippen LogP contribution in [0.15, 0.2) is 51.1 Å². The van der Waals surface area contributed by atoms with Crippen LogP contribution in [0.1, 0.15) is 0 Å². The quantitative estimate of drug-likeness (QED) is 0.382. The Morgan fingerprint density at radius 2 is 1.81 bits per heavy atom. The molecule has 0 bridgehead atoms. The van der Waals surface area contributed by atoms with Crippen molar-refractivity contribution in [1.29, 1.82) is 0 Å². The highest BCUT2D eigenvalue weighted by atomic mass is 79.9. The first-order chi connectivity index (χ1) is 10.0. The van der Waals surface area contributed by atoms with Crippen LogP contribution in [0.3, 0.4) is 0 Å². The molecule has 0 saturated heterocycles. The summed E-state index contributed by atoms with van der Waals surface area (Å²) < 4.78 is 5.78. The zero-order valence-electron chi connectivity index (χ0n) is 11.0. The number of rotatable bonds is 4. The van der Waals surface area contributed by atoms with Gasteiger partial charge in [0.1, 0.15) is 5.75 Å². The van der Waals surface area contributed by atoms with Crippen LogP contribution in [-0.4, -0.2) is 12.0 Å². The van der Waals surface area contributed by atoms with Crippen molar-refractivity contribution >= 4 is 38.7 Å². The Balaban J connectivity index is 2.25. The first kappa shape index (κ1) is 14.9. The second-order valence-corrected chi connectivity index (χ2v) is 4.87. The summed E-state index contributed by atoms with van der Waals surface area (Å²) in [5, 5.41) is 18.6. The van der Waals surface area contributed by atoms with E-state index in [1.54, 1.807) is 12.1 Å². The highest BCUT2D eigenvalue weighted by Crippen LogP contribution is 2.35. The van der Waals surface area contributed by atoms with E-state index in [2.05, 4.69) is 26.2 Å². The Kier molecular flexibility index (Phi) is 4.49. The van der Waals surface area contributed by atoms with Gasteiger partial charge >= 0.3 is 0 Å². The molecule has 2 N–H and O–H groups in total. The van der Waals surface area contributed by atoms with E-state index in [1.807, 2.05) is 0 Å². The molecule has 0 heterocycles. The molecule has 0 aliphatic heterocycles. The monoisotopic (exact) mass is 350 g/mol. The number of anilines is 1. The Morgan fingerprint density at radius 1 is 1.19 bits per heavy atom. The third kappa shape index (κ3) is 3.54. The molecule has 2 rings (SSSR count). The van der Waals surface area contributed by atoms with Gasteiger partial charge < -0.3 is 10.5 Å². The number of azo groups is 1. The first-order valence-corrected chi connectivity index (χ1v) is 6.60. The van der Waals surface area contributed by atoms with Gasteiger partial charge in [-0.25, -0.2) is 0 Å². The van der Waals surface area contributed by atoms with Crippen LogP contribution in [0.2, 0.25) is 0 Å². The lowest BCUT2D eigenvalue weighted by molar-refractivity contribution is -0.384. The number of methoxy groups -OCH3 is 1. The summed E-state index contributed by atoms with van der Waals surface area (Å²) in [4.78, 5) is 10.1. The number of hydrogen-bond acceptors (Lipinski definition) is 6. The molecule has 0 saturated carbocycles. The zero-order valence-corrected chi connectivity index (χ0v) is 12.6. The predicted octanol–water partition coefficient (Wildman–Crippen LogP) is 4.36. The standard InChI is InChI=1S/C13H11BrN4O3/c1-21-12-7-9(6-11(14)13(12)15)17-16-8-2-4-10(5-3-8)18(19)20/h2-7H,15H2,1H3/b17-16+. The maximum atomic E-state index is 10.6. The minimum absolute atomic E-state index is 0.00542. The van der Waals surface area contributed by atoms with Crippen LogP contribution in [0, 0.1) is 10.1 Å². The molecule has 108 valence electrons. The number of ether oxygens (including phenoxy) is 1. The van der Waals surface area contributed by atoms with E-state index >= 15 is 0 Å². The summed E-state index contributed by atoms with van der Waals surface area (Å²) in [6.45, 7) is 0. The van der Waals surface area contributed by atoms with E-state index in [0.717, 1.165) is 0 Å². The maximum absolute atomic E-state index is 10.6. The molecule has 2 aromatic rings. The summed E-state index contributed by atoms with van der Waals surface area (Å²) in [7, 11) is 1.51. The van der Waals surface area contributed by atoms with Gasteiger partial charge in [0.2, 0.25) is 0 Å². The minimum atomic E-state index is -0.469. The van der Waals surface area contributed by atoms with Crippen LogP contribution >= 0.6 is 15.9 Å². The third-order valence-electron chi connectivity index (χ3n) is 2.64. The van der Waals surface area contributed by atoms with Crippen LogP contribution in [0.25, 0.3) is 0 Å². The number of non-ortho nitro benzene ring substituents is 1. The Morgan fingerprint density at radius 3 is 2.38 bits per heavy atom. The minimum Gasteiger partial charge on any atom is -0.494 e.